The third-order valence-corrected chi connectivity index (χ3v) is 5.33. The molecule has 0 aliphatic rings. The molecule has 0 radical (unpaired) electrons. The lowest BCUT2D eigenvalue weighted by Gasteiger charge is -2.32. The lowest BCUT2D eigenvalue weighted by Crippen LogP contribution is -2.44. The van der Waals surface area contributed by atoms with Gasteiger partial charge in [0.05, 0.1) is 0 Å². The van der Waals surface area contributed by atoms with Crippen LogP contribution in [0.1, 0.15) is 125 Å². The first-order chi connectivity index (χ1) is 12.3. The number of unbranched alkanes of at least 4 members (excludes halogenated alkanes) is 8. The van der Waals surface area contributed by atoms with Gasteiger partial charge in [-0.05, 0) is 45.4 Å². The van der Waals surface area contributed by atoms with Gasteiger partial charge in [0.2, 0.25) is 5.91 Å². The van der Waals surface area contributed by atoms with E-state index in [0.29, 0.717) is 12.3 Å². The van der Waals surface area contributed by atoms with Gasteiger partial charge in [-0.3, -0.25) is 4.79 Å². The number of nitrogens with two attached hydrogens (primary N) is 1. The zero-order chi connectivity index (χ0) is 19.8. The average molecular weight is 497 g/mol. The van der Waals surface area contributed by atoms with Crippen molar-refractivity contribution in [3.05, 3.63) is 0 Å². The van der Waals surface area contributed by atoms with Crippen LogP contribution >= 0.6 is 24.0 Å². The number of carbonyl (C=O) groups is 1. The molecule has 0 aromatic rings. The summed E-state index contributed by atoms with van der Waals surface area (Å²) in [5, 5.41) is 3.34. The fourth-order valence-electron chi connectivity index (χ4n) is 3.85. The van der Waals surface area contributed by atoms with E-state index in [1.54, 1.807) is 0 Å². The van der Waals surface area contributed by atoms with Crippen LogP contribution in [0.3, 0.4) is 0 Å². The first-order valence-corrected chi connectivity index (χ1v) is 11.4. The number of rotatable bonds is 17. The van der Waals surface area contributed by atoms with E-state index in [1.807, 2.05) is 0 Å². The van der Waals surface area contributed by atoms with Crippen LogP contribution in [0.4, 0.5) is 0 Å². The standard InChI is InChI=1S/C23H48N2O.HI/c1-6-9-11-13-15-17-20(19-23(4,5)24)21(8-3)25-22(26)18-16-14-12-10-7-2;/h20-21H,6-19,24H2,1-5H3,(H,25,26);1H. The highest BCUT2D eigenvalue weighted by molar-refractivity contribution is 14.0. The van der Waals surface area contributed by atoms with E-state index >= 15 is 0 Å². The van der Waals surface area contributed by atoms with Crippen LogP contribution in [0.25, 0.3) is 0 Å². The van der Waals surface area contributed by atoms with E-state index in [-0.39, 0.29) is 41.5 Å². The van der Waals surface area contributed by atoms with Crippen molar-refractivity contribution < 1.29 is 4.79 Å². The number of hydrogen-bond acceptors (Lipinski definition) is 2. The monoisotopic (exact) mass is 496 g/mol. The second-order valence-corrected chi connectivity index (χ2v) is 8.90. The van der Waals surface area contributed by atoms with Crippen molar-refractivity contribution in [2.24, 2.45) is 11.7 Å². The molecule has 164 valence electrons. The Bertz CT molecular complexity index is 342. The van der Waals surface area contributed by atoms with E-state index in [2.05, 4.69) is 39.9 Å². The van der Waals surface area contributed by atoms with Gasteiger partial charge >= 0.3 is 0 Å². The summed E-state index contributed by atoms with van der Waals surface area (Å²) >= 11 is 0. The van der Waals surface area contributed by atoms with Gasteiger partial charge in [-0.1, -0.05) is 78.6 Å². The summed E-state index contributed by atoms with van der Waals surface area (Å²) in [6.45, 7) is 10.9. The van der Waals surface area contributed by atoms with Crippen LogP contribution in [-0.2, 0) is 4.79 Å². The van der Waals surface area contributed by atoms with E-state index < -0.39 is 0 Å². The molecular weight excluding hydrogens is 447 g/mol. The number of amides is 1. The van der Waals surface area contributed by atoms with Gasteiger partial charge in [-0.25, -0.2) is 0 Å². The normalized spacial score (nSPS) is 13.7. The Morgan fingerprint density at radius 2 is 1.41 bits per heavy atom. The molecule has 2 unspecified atom stereocenters. The SMILES string of the molecule is CCCCCCCC(=O)NC(CC)C(CCCCCCC)CC(C)(C)N.I. The summed E-state index contributed by atoms with van der Waals surface area (Å²) in [4.78, 5) is 12.4. The molecule has 0 aliphatic carbocycles. The van der Waals surface area contributed by atoms with E-state index in [0.717, 1.165) is 19.3 Å². The molecule has 3 N–H and O–H groups in total. The summed E-state index contributed by atoms with van der Waals surface area (Å²) in [5.74, 6) is 0.727. The minimum Gasteiger partial charge on any atom is -0.353 e. The van der Waals surface area contributed by atoms with Crippen molar-refractivity contribution in [2.45, 2.75) is 136 Å². The van der Waals surface area contributed by atoms with Gasteiger partial charge in [0.1, 0.15) is 0 Å². The summed E-state index contributed by atoms with van der Waals surface area (Å²) in [7, 11) is 0. The predicted molar refractivity (Wildman–Crippen MR) is 131 cm³/mol. The van der Waals surface area contributed by atoms with Crippen LogP contribution in [0.5, 0.6) is 0 Å². The molecule has 0 aliphatic heterocycles. The molecule has 0 heterocycles. The molecule has 1 amide bonds. The number of halogens is 1. The molecule has 0 aromatic carbocycles. The summed E-state index contributed by atoms with van der Waals surface area (Å²) in [6.07, 6.45) is 16.3. The van der Waals surface area contributed by atoms with Gasteiger partial charge in [-0.15, -0.1) is 24.0 Å². The smallest absolute Gasteiger partial charge is 0.220 e. The quantitative estimate of drug-likeness (QED) is 0.169. The van der Waals surface area contributed by atoms with Crippen molar-refractivity contribution in [3.63, 3.8) is 0 Å². The highest BCUT2D eigenvalue weighted by Crippen LogP contribution is 2.25. The Hall–Kier alpha value is 0.160. The molecule has 4 heteroatoms. The Balaban J connectivity index is 0. The molecule has 3 nitrogen and oxygen atoms in total. The van der Waals surface area contributed by atoms with Crippen LogP contribution in [0.2, 0.25) is 0 Å². The third kappa shape index (κ3) is 18.0. The zero-order valence-electron chi connectivity index (χ0n) is 18.9. The summed E-state index contributed by atoms with van der Waals surface area (Å²) < 4.78 is 0. The maximum Gasteiger partial charge on any atom is 0.220 e. The van der Waals surface area contributed by atoms with Gasteiger partial charge in [0.25, 0.3) is 0 Å². The second kappa shape index (κ2) is 18.2. The van der Waals surface area contributed by atoms with Crippen molar-refractivity contribution in [1.82, 2.24) is 5.32 Å². The molecule has 0 saturated heterocycles. The van der Waals surface area contributed by atoms with Crippen LogP contribution in [0.15, 0.2) is 0 Å². The molecule has 0 rings (SSSR count). The predicted octanol–water partition coefficient (Wildman–Crippen LogP) is 6.96. The number of nitrogens with one attached hydrogen (secondary N) is 1. The minimum atomic E-state index is -0.174. The lowest BCUT2D eigenvalue weighted by atomic mass is 9.82. The van der Waals surface area contributed by atoms with E-state index in [1.165, 1.54) is 64.2 Å². The molecule has 27 heavy (non-hydrogen) atoms. The number of hydrogen-bond donors (Lipinski definition) is 2. The van der Waals surface area contributed by atoms with E-state index in [9.17, 15) is 4.79 Å². The van der Waals surface area contributed by atoms with Gasteiger partial charge in [0.15, 0.2) is 0 Å². The minimum absolute atomic E-state index is 0. The van der Waals surface area contributed by atoms with Crippen molar-refractivity contribution >= 4 is 29.9 Å². The molecule has 0 saturated carbocycles. The molecular formula is C23H49IN2O. The molecule has 0 bridgehead atoms. The second-order valence-electron chi connectivity index (χ2n) is 8.90. The van der Waals surface area contributed by atoms with Crippen molar-refractivity contribution in [1.29, 1.82) is 0 Å². The Morgan fingerprint density at radius 3 is 1.89 bits per heavy atom. The van der Waals surface area contributed by atoms with E-state index in [4.69, 9.17) is 5.73 Å². The molecule has 0 fully saturated rings. The third-order valence-electron chi connectivity index (χ3n) is 5.33. The first-order valence-electron chi connectivity index (χ1n) is 11.4. The maximum atomic E-state index is 12.4. The molecule has 0 spiro atoms. The van der Waals surface area contributed by atoms with Gasteiger partial charge in [0, 0.05) is 18.0 Å². The Morgan fingerprint density at radius 1 is 0.889 bits per heavy atom. The lowest BCUT2D eigenvalue weighted by molar-refractivity contribution is -0.122. The highest BCUT2D eigenvalue weighted by Gasteiger charge is 2.26. The summed E-state index contributed by atoms with van der Waals surface area (Å²) in [5.41, 5.74) is 6.15. The maximum absolute atomic E-state index is 12.4. The fraction of sp³-hybridized carbons (Fsp3) is 0.957. The highest BCUT2D eigenvalue weighted by atomic mass is 127. The van der Waals surface area contributed by atoms with Crippen molar-refractivity contribution in [3.8, 4) is 0 Å². The van der Waals surface area contributed by atoms with Gasteiger partial charge < -0.3 is 11.1 Å². The molecule has 2 atom stereocenters. The average Bonchev–Trinajstić information content (AvgIpc) is 2.57. The van der Waals surface area contributed by atoms with Crippen molar-refractivity contribution in [2.75, 3.05) is 0 Å². The van der Waals surface area contributed by atoms with Gasteiger partial charge in [-0.2, -0.15) is 0 Å². The topological polar surface area (TPSA) is 55.1 Å². The van der Waals surface area contributed by atoms with Crippen LogP contribution in [0, 0.1) is 5.92 Å². The number of carbonyl (C=O) groups excluding carboxylic acids is 1. The summed E-state index contributed by atoms with van der Waals surface area (Å²) in [6, 6.07) is 0.271. The molecule has 0 aromatic heterocycles. The van der Waals surface area contributed by atoms with Crippen LogP contribution < -0.4 is 11.1 Å². The van der Waals surface area contributed by atoms with Crippen LogP contribution in [-0.4, -0.2) is 17.5 Å². The zero-order valence-corrected chi connectivity index (χ0v) is 21.3. The Kier molecular flexibility index (Phi) is 19.8. The Labute approximate surface area is 187 Å². The largest absolute Gasteiger partial charge is 0.353 e. The first kappa shape index (κ1) is 29.4. The fourth-order valence-corrected chi connectivity index (χ4v) is 3.85.